The highest BCUT2D eigenvalue weighted by molar-refractivity contribution is 7.17. The monoisotopic (exact) mass is 744 g/mol. The van der Waals surface area contributed by atoms with Gasteiger partial charge < -0.3 is 19.9 Å². The maximum atomic E-state index is 14.4. The van der Waals surface area contributed by atoms with Crippen molar-refractivity contribution in [3.8, 4) is 22.8 Å². The molecule has 0 saturated carbocycles. The van der Waals surface area contributed by atoms with Gasteiger partial charge >= 0.3 is 0 Å². The summed E-state index contributed by atoms with van der Waals surface area (Å²) in [4.78, 5) is 50.9. The third-order valence-corrected chi connectivity index (χ3v) is 12.0. The van der Waals surface area contributed by atoms with Gasteiger partial charge in [-0.2, -0.15) is 0 Å². The number of amides is 2. The van der Waals surface area contributed by atoms with Crippen LogP contribution < -0.4 is 15.1 Å². The van der Waals surface area contributed by atoms with E-state index in [0.29, 0.717) is 46.0 Å². The van der Waals surface area contributed by atoms with Gasteiger partial charge in [0.2, 0.25) is 0 Å². The molecule has 3 aliphatic heterocycles. The summed E-state index contributed by atoms with van der Waals surface area (Å²) in [6.45, 7) is 3.51. The van der Waals surface area contributed by atoms with Crippen molar-refractivity contribution in [2.24, 2.45) is 5.41 Å². The minimum Gasteiger partial charge on any atom is -0.381 e. The van der Waals surface area contributed by atoms with E-state index < -0.39 is 5.82 Å². The number of carbonyl (C=O) groups is 3. The molecule has 8 rings (SSSR count). The van der Waals surface area contributed by atoms with Crippen LogP contribution in [0.5, 0.6) is 0 Å². The van der Waals surface area contributed by atoms with Gasteiger partial charge in [-0.05, 0) is 79.4 Å². The Morgan fingerprint density at radius 2 is 1.79 bits per heavy atom. The summed E-state index contributed by atoms with van der Waals surface area (Å²) in [7, 11) is 0. The first kappa shape index (κ1) is 34.7. The van der Waals surface area contributed by atoms with E-state index in [0.717, 1.165) is 60.8 Å². The summed E-state index contributed by atoms with van der Waals surface area (Å²) in [6.07, 6.45) is 9.64. The molecule has 53 heavy (non-hydrogen) atoms. The summed E-state index contributed by atoms with van der Waals surface area (Å²) < 4.78 is 20.0. The number of ether oxygens (including phenoxy) is 1. The Balaban J connectivity index is 0.983. The SMILES string of the molecule is C#Cc1cnc(N2CC3(CCOCC3)C2)c(C(=O)Nc2ccc(C(=O)N3CCc4cc(C(=O)Cc5c(F)cccc5Cl)sc4-c4ccccc43)cc2)c1. The van der Waals surface area contributed by atoms with Crippen LogP contribution in [0.1, 0.15) is 59.9 Å². The molecule has 5 aromatic rings. The Hall–Kier alpha value is -5.34. The van der Waals surface area contributed by atoms with Crippen molar-refractivity contribution in [2.75, 3.05) is 48.0 Å². The lowest BCUT2D eigenvalue weighted by Crippen LogP contribution is -2.59. The third-order valence-electron chi connectivity index (χ3n) is 10.3. The number of thiophene rings is 1. The van der Waals surface area contributed by atoms with E-state index in [9.17, 15) is 18.8 Å². The molecule has 3 aromatic carbocycles. The van der Waals surface area contributed by atoms with Gasteiger partial charge in [0, 0.05) is 88.7 Å². The number of halogens is 2. The molecule has 2 amide bonds. The average Bonchev–Trinajstić information content (AvgIpc) is 3.53. The number of carbonyl (C=O) groups excluding carboxylic acids is 3. The summed E-state index contributed by atoms with van der Waals surface area (Å²) in [5.74, 6) is 1.93. The maximum Gasteiger partial charge on any atom is 0.259 e. The predicted octanol–water partition coefficient (Wildman–Crippen LogP) is 8.08. The molecule has 8 nitrogen and oxygen atoms in total. The average molecular weight is 745 g/mol. The first-order chi connectivity index (χ1) is 25.7. The minimum atomic E-state index is -0.508. The van der Waals surface area contributed by atoms with Gasteiger partial charge in [-0.1, -0.05) is 41.8 Å². The highest BCUT2D eigenvalue weighted by Crippen LogP contribution is 2.44. The number of nitrogens with one attached hydrogen (secondary N) is 1. The fourth-order valence-electron chi connectivity index (χ4n) is 7.43. The van der Waals surface area contributed by atoms with Crippen LogP contribution in [0.15, 0.2) is 85.1 Å². The molecule has 0 aliphatic carbocycles. The molecule has 0 radical (unpaired) electrons. The highest BCUT2D eigenvalue weighted by atomic mass is 35.5. The number of nitrogens with zero attached hydrogens (tertiary/aromatic N) is 3. The van der Waals surface area contributed by atoms with E-state index in [-0.39, 0.29) is 40.0 Å². The van der Waals surface area contributed by atoms with Crippen LogP contribution in [-0.4, -0.2) is 55.4 Å². The Bertz CT molecular complexity index is 2280. The zero-order valence-electron chi connectivity index (χ0n) is 28.7. The number of hydrogen-bond acceptors (Lipinski definition) is 7. The van der Waals surface area contributed by atoms with Crippen molar-refractivity contribution in [1.29, 1.82) is 0 Å². The second-order valence-electron chi connectivity index (χ2n) is 13.7. The number of Topliss-reactive ketones (excluding diaryl/α,β-unsaturated/α-hetero) is 1. The summed E-state index contributed by atoms with van der Waals surface area (Å²) in [5, 5.41) is 3.19. The van der Waals surface area contributed by atoms with E-state index in [1.54, 1.807) is 47.5 Å². The van der Waals surface area contributed by atoms with Crippen LogP contribution in [0.25, 0.3) is 10.4 Å². The zero-order chi connectivity index (χ0) is 36.7. The summed E-state index contributed by atoms with van der Waals surface area (Å²) in [5.41, 5.74) is 4.80. The number of pyridine rings is 1. The van der Waals surface area contributed by atoms with Crippen molar-refractivity contribution in [3.05, 3.63) is 129 Å². The predicted molar refractivity (Wildman–Crippen MR) is 206 cm³/mol. The van der Waals surface area contributed by atoms with Crippen molar-refractivity contribution in [1.82, 2.24) is 4.98 Å². The Morgan fingerprint density at radius 3 is 2.55 bits per heavy atom. The quantitative estimate of drug-likeness (QED) is 0.134. The Labute approximate surface area is 315 Å². The minimum absolute atomic E-state index is 0.141. The number of hydrogen-bond donors (Lipinski definition) is 1. The van der Waals surface area contributed by atoms with Crippen LogP contribution in [-0.2, 0) is 17.6 Å². The lowest BCUT2D eigenvalue weighted by Gasteiger charge is -2.53. The summed E-state index contributed by atoms with van der Waals surface area (Å²) >= 11 is 7.55. The normalized spacial score (nSPS) is 15.8. The van der Waals surface area contributed by atoms with Crippen LogP contribution in [0.2, 0.25) is 5.02 Å². The molecule has 266 valence electrons. The molecule has 0 unspecified atom stereocenters. The number of para-hydroxylation sites is 1. The second-order valence-corrected chi connectivity index (χ2v) is 15.2. The molecule has 2 fully saturated rings. The Kier molecular flexibility index (Phi) is 9.33. The van der Waals surface area contributed by atoms with Gasteiger partial charge in [0.15, 0.2) is 5.78 Å². The van der Waals surface area contributed by atoms with Gasteiger partial charge in [0.25, 0.3) is 11.8 Å². The fourth-order valence-corrected chi connectivity index (χ4v) is 8.84. The van der Waals surface area contributed by atoms with Gasteiger partial charge in [0.1, 0.15) is 11.6 Å². The largest absolute Gasteiger partial charge is 0.381 e. The molecule has 1 N–H and O–H groups in total. The van der Waals surface area contributed by atoms with Crippen LogP contribution in [0, 0.1) is 23.6 Å². The van der Waals surface area contributed by atoms with Crippen molar-refractivity contribution < 1.29 is 23.5 Å². The van der Waals surface area contributed by atoms with E-state index >= 15 is 0 Å². The van der Waals surface area contributed by atoms with Gasteiger partial charge in [-0.25, -0.2) is 9.37 Å². The number of benzene rings is 3. The molecule has 3 aliphatic rings. The number of fused-ring (bicyclic) bond motifs is 3. The number of terminal acetylenes is 1. The van der Waals surface area contributed by atoms with Crippen LogP contribution >= 0.6 is 22.9 Å². The van der Waals surface area contributed by atoms with E-state index in [1.165, 1.54) is 23.5 Å². The van der Waals surface area contributed by atoms with Crippen LogP contribution in [0.3, 0.4) is 0 Å². The molecule has 0 bridgehead atoms. The number of rotatable bonds is 7. The lowest BCUT2D eigenvalue weighted by molar-refractivity contribution is -0.000510. The van der Waals surface area contributed by atoms with Gasteiger partial charge in [0.05, 0.1) is 16.1 Å². The van der Waals surface area contributed by atoms with Crippen molar-refractivity contribution >= 4 is 57.7 Å². The number of ketones is 1. The molecule has 5 heterocycles. The van der Waals surface area contributed by atoms with Gasteiger partial charge in [-0.3, -0.25) is 14.4 Å². The zero-order valence-corrected chi connectivity index (χ0v) is 30.2. The molecule has 11 heteroatoms. The van der Waals surface area contributed by atoms with Crippen LogP contribution in [0.4, 0.5) is 21.6 Å². The first-order valence-electron chi connectivity index (χ1n) is 17.4. The second kappa shape index (κ2) is 14.2. The van der Waals surface area contributed by atoms with Crippen molar-refractivity contribution in [2.45, 2.75) is 25.7 Å². The highest BCUT2D eigenvalue weighted by Gasteiger charge is 2.45. The van der Waals surface area contributed by atoms with E-state index in [1.807, 2.05) is 30.3 Å². The number of anilines is 3. The fraction of sp³-hybridized carbons (Fsp3) is 0.238. The standard InChI is InChI=1S/C42H34ClFN4O4S/c1-2-26-20-32(39(45-23-26)47-24-42(25-47)15-18-52-19-16-42)40(50)46-29-12-10-27(11-13-29)41(51)48-17-14-28-21-37(53-38(28)30-6-3-4-9-35(30)48)36(49)22-31-33(43)7-5-8-34(31)44/h1,3-13,20-21,23H,14-19,22,24-25H2,(H,46,50). The Morgan fingerprint density at radius 1 is 1.02 bits per heavy atom. The van der Waals surface area contributed by atoms with E-state index in [2.05, 4.69) is 21.1 Å². The third kappa shape index (κ3) is 6.72. The smallest absolute Gasteiger partial charge is 0.259 e. The topological polar surface area (TPSA) is 91.8 Å². The molecule has 1 spiro atoms. The summed E-state index contributed by atoms with van der Waals surface area (Å²) in [6, 6.07) is 22.4. The molecule has 2 saturated heterocycles. The molecule has 2 aromatic heterocycles. The maximum absolute atomic E-state index is 14.4. The van der Waals surface area contributed by atoms with Gasteiger partial charge in [-0.15, -0.1) is 17.8 Å². The molecule has 0 atom stereocenters. The first-order valence-corrected chi connectivity index (χ1v) is 18.6. The number of aromatic nitrogens is 1. The molecular formula is C42H34ClFN4O4S. The van der Waals surface area contributed by atoms with E-state index in [4.69, 9.17) is 22.8 Å². The lowest BCUT2D eigenvalue weighted by atomic mass is 9.73. The van der Waals surface area contributed by atoms with Crippen molar-refractivity contribution in [3.63, 3.8) is 0 Å². The molecular weight excluding hydrogens is 711 g/mol.